The third-order valence-corrected chi connectivity index (χ3v) is 6.18. The summed E-state index contributed by atoms with van der Waals surface area (Å²) in [6.45, 7) is 9.85. The lowest BCUT2D eigenvalue weighted by Crippen LogP contribution is -2.44. The van der Waals surface area contributed by atoms with E-state index in [1.807, 2.05) is 0 Å². The number of nitrogens with zero attached hydrogens (tertiary/aromatic N) is 3. The van der Waals surface area contributed by atoms with E-state index in [1.54, 1.807) is 39.5 Å². The minimum Gasteiger partial charge on any atom is -0.496 e. The van der Waals surface area contributed by atoms with Gasteiger partial charge in [0, 0.05) is 24.6 Å². The van der Waals surface area contributed by atoms with Crippen LogP contribution in [-0.4, -0.2) is 52.1 Å². The lowest BCUT2D eigenvalue weighted by molar-refractivity contribution is -0.137. The predicted molar refractivity (Wildman–Crippen MR) is 124 cm³/mol. The van der Waals surface area contributed by atoms with Crippen LogP contribution in [0.2, 0.25) is 0 Å². The Morgan fingerprint density at radius 3 is 2.46 bits per heavy atom. The van der Waals surface area contributed by atoms with E-state index in [0.717, 1.165) is 12.1 Å². The normalized spacial score (nSPS) is 17.8. The molecule has 0 bridgehead atoms. The highest BCUT2D eigenvalue weighted by atomic mass is 19.4. The number of hydrogen-bond donors (Lipinski definition) is 1. The zero-order valence-electron chi connectivity index (χ0n) is 20.9. The summed E-state index contributed by atoms with van der Waals surface area (Å²) in [6, 6.07) is 3.22. The summed E-state index contributed by atoms with van der Waals surface area (Å²) in [5.41, 5.74) is 1.06. The van der Waals surface area contributed by atoms with Gasteiger partial charge in [-0.2, -0.15) is 18.3 Å². The van der Waals surface area contributed by atoms with E-state index in [-0.39, 0.29) is 11.7 Å². The van der Waals surface area contributed by atoms with Crippen molar-refractivity contribution < 1.29 is 32.5 Å². The second-order valence-electron chi connectivity index (χ2n) is 9.87. The molecule has 35 heavy (non-hydrogen) atoms. The molecule has 10 heteroatoms. The molecule has 1 aliphatic heterocycles. The Bertz CT molecular complexity index is 1080. The molecule has 0 radical (unpaired) electrons. The van der Waals surface area contributed by atoms with Gasteiger partial charge in [-0.05, 0) is 76.8 Å². The highest BCUT2D eigenvalue weighted by Gasteiger charge is 2.34. The number of halogens is 3. The third-order valence-electron chi connectivity index (χ3n) is 6.18. The number of alkyl halides is 3. The first-order valence-electron chi connectivity index (χ1n) is 11.5. The van der Waals surface area contributed by atoms with Crippen LogP contribution < -0.4 is 4.74 Å². The standard InChI is InChI=1S/C25H32F3N3O4/c1-14-15(2)21(22(32)16-8-7-11-31(13-16)23(33)35-24(3,4)5)30-29-20(14)18-10-9-17(25(26,27)28)12-19(18)34-6/h9-10,12,16,22,32H,7-8,11,13H2,1-6H3. The topological polar surface area (TPSA) is 84.8 Å². The Morgan fingerprint density at radius 1 is 1.17 bits per heavy atom. The zero-order valence-corrected chi connectivity index (χ0v) is 20.9. The number of carbonyl (C=O) groups excluding carboxylic acids is 1. The van der Waals surface area contributed by atoms with Crippen LogP contribution in [0.3, 0.4) is 0 Å². The molecule has 0 aliphatic carbocycles. The van der Waals surface area contributed by atoms with Crippen LogP contribution in [0, 0.1) is 19.8 Å². The van der Waals surface area contributed by atoms with Crippen LogP contribution in [0.5, 0.6) is 5.75 Å². The van der Waals surface area contributed by atoms with Gasteiger partial charge in [-0.25, -0.2) is 4.79 Å². The van der Waals surface area contributed by atoms with E-state index >= 15 is 0 Å². The van der Waals surface area contributed by atoms with Gasteiger partial charge >= 0.3 is 12.3 Å². The van der Waals surface area contributed by atoms with E-state index in [4.69, 9.17) is 9.47 Å². The van der Waals surface area contributed by atoms with Gasteiger partial charge in [0.2, 0.25) is 0 Å². The second kappa shape index (κ2) is 10.0. The largest absolute Gasteiger partial charge is 0.496 e. The molecule has 1 N–H and O–H groups in total. The van der Waals surface area contributed by atoms with Gasteiger partial charge in [0.15, 0.2) is 0 Å². The maximum Gasteiger partial charge on any atom is 0.416 e. The van der Waals surface area contributed by atoms with Gasteiger partial charge in [-0.3, -0.25) is 0 Å². The number of aliphatic hydroxyl groups excluding tert-OH is 1. The van der Waals surface area contributed by atoms with Crippen molar-refractivity contribution in [1.82, 2.24) is 15.1 Å². The van der Waals surface area contributed by atoms with Crippen molar-refractivity contribution in [3.63, 3.8) is 0 Å². The molecule has 1 amide bonds. The van der Waals surface area contributed by atoms with Crippen molar-refractivity contribution in [3.05, 3.63) is 40.6 Å². The number of aliphatic hydroxyl groups is 1. The first-order valence-corrected chi connectivity index (χ1v) is 11.5. The molecule has 1 fully saturated rings. The number of benzene rings is 1. The molecule has 1 aromatic heterocycles. The van der Waals surface area contributed by atoms with Crippen molar-refractivity contribution in [1.29, 1.82) is 0 Å². The number of methoxy groups -OCH3 is 1. The average Bonchev–Trinajstić information content (AvgIpc) is 2.78. The maximum atomic E-state index is 13.1. The number of carbonyl (C=O) groups is 1. The van der Waals surface area contributed by atoms with E-state index in [2.05, 4.69) is 10.2 Å². The summed E-state index contributed by atoms with van der Waals surface area (Å²) >= 11 is 0. The smallest absolute Gasteiger partial charge is 0.416 e. The monoisotopic (exact) mass is 495 g/mol. The first kappa shape index (κ1) is 26.7. The summed E-state index contributed by atoms with van der Waals surface area (Å²) in [7, 11) is 1.30. The van der Waals surface area contributed by atoms with E-state index in [0.29, 0.717) is 54.0 Å². The van der Waals surface area contributed by atoms with E-state index in [1.165, 1.54) is 13.2 Å². The summed E-state index contributed by atoms with van der Waals surface area (Å²) in [5.74, 6) is -0.222. The van der Waals surface area contributed by atoms with Gasteiger partial charge in [-0.1, -0.05) is 0 Å². The van der Waals surface area contributed by atoms with Crippen LogP contribution >= 0.6 is 0 Å². The van der Waals surface area contributed by atoms with E-state index < -0.39 is 29.5 Å². The van der Waals surface area contributed by atoms with Gasteiger partial charge in [0.25, 0.3) is 0 Å². The number of hydrogen-bond acceptors (Lipinski definition) is 6. The molecular weight excluding hydrogens is 463 g/mol. The molecule has 0 saturated carbocycles. The lowest BCUT2D eigenvalue weighted by atomic mass is 9.88. The molecule has 1 aromatic carbocycles. The molecule has 1 saturated heterocycles. The summed E-state index contributed by atoms with van der Waals surface area (Å²) < 4.78 is 50.0. The Morgan fingerprint density at radius 2 is 1.86 bits per heavy atom. The van der Waals surface area contributed by atoms with Crippen molar-refractivity contribution in [2.75, 3.05) is 20.2 Å². The minimum atomic E-state index is -4.50. The number of rotatable bonds is 4. The summed E-state index contributed by atoms with van der Waals surface area (Å²) in [5, 5.41) is 19.6. The van der Waals surface area contributed by atoms with Crippen LogP contribution in [0.25, 0.3) is 11.3 Å². The van der Waals surface area contributed by atoms with Crippen LogP contribution in [0.15, 0.2) is 18.2 Å². The number of ether oxygens (including phenoxy) is 2. The molecule has 2 atom stereocenters. The lowest BCUT2D eigenvalue weighted by Gasteiger charge is -2.36. The van der Waals surface area contributed by atoms with Gasteiger partial charge < -0.3 is 19.5 Å². The summed E-state index contributed by atoms with van der Waals surface area (Å²) in [6.07, 6.45) is -4.46. The van der Waals surface area contributed by atoms with Crippen molar-refractivity contribution in [3.8, 4) is 17.0 Å². The number of piperidine rings is 1. The highest BCUT2D eigenvalue weighted by molar-refractivity contribution is 5.71. The number of aromatic nitrogens is 2. The quantitative estimate of drug-likeness (QED) is 0.606. The van der Waals surface area contributed by atoms with Gasteiger partial charge in [0.05, 0.1) is 24.1 Å². The minimum absolute atomic E-state index is 0.0326. The molecular formula is C25H32F3N3O4. The fourth-order valence-electron chi connectivity index (χ4n) is 4.21. The Hall–Kier alpha value is -2.88. The van der Waals surface area contributed by atoms with Gasteiger partial charge in [0.1, 0.15) is 17.5 Å². The predicted octanol–water partition coefficient (Wildman–Crippen LogP) is 5.47. The highest BCUT2D eigenvalue weighted by Crippen LogP contribution is 2.39. The molecule has 0 spiro atoms. The SMILES string of the molecule is COc1cc(C(F)(F)F)ccc1-c1nnc(C(O)C2CCCN(C(=O)OC(C)(C)C)C2)c(C)c1C. The number of amides is 1. The molecule has 3 rings (SSSR count). The molecule has 1 aliphatic rings. The average molecular weight is 496 g/mol. The maximum absolute atomic E-state index is 13.1. The Kier molecular flexibility index (Phi) is 7.64. The molecule has 7 nitrogen and oxygen atoms in total. The Balaban J connectivity index is 1.87. The first-order chi connectivity index (χ1) is 16.2. The van der Waals surface area contributed by atoms with Gasteiger partial charge in [-0.15, -0.1) is 5.10 Å². The van der Waals surface area contributed by atoms with Crippen LogP contribution in [0.1, 0.15) is 62.1 Å². The third kappa shape index (κ3) is 6.04. The molecule has 192 valence electrons. The van der Waals surface area contributed by atoms with Crippen molar-refractivity contribution >= 4 is 6.09 Å². The van der Waals surface area contributed by atoms with Crippen LogP contribution in [-0.2, 0) is 10.9 Å². The van der Waals surface area contributed by atoms with Crippen LogP contribution in [0.4, 0.5) is 18.0 Å². The van der Waals surface area contributed by atoms with Crippen molar-refractivity contribution in [2.45, 2.75) is 65.3 Å². The molecule has 2 aromatic rings. The molecule has 2 unspecified atom stereocenters. The Labute approximate surface area is 203 Å². The molecule has 2 heterocycles. The zero-order chi connectivity index (χ0) is 26.1. The van der Waals surface area contributed by atoms with E-state index in [9.17, 15) is 23.1 Å². The summed E-state index contributed by atoms with van der Waals surface area (Å²) in [4.78, 5) is 14.1. The van der Waals surface area contributed by atoms with Crippen molar-refractivity contribution in [2.24, 2.45) is 5.92 Å². The number of likely N-dealkylation sites (tertiary alicyclic amines) is 1. The fourth-order valence-corrected chi connectivity index (χ4v) is 4.21. The fraction of sp³-hybridized carbons (Fsp3) is 0.560. The second-order valence-corrected chi connectivity index (χ2v) is 9.87.